The van der Waals surface area contributed by atoms with Gasteiger partial charge in [0.15, 0.2) is 0 Å². The number of rotatable bonds is 5. The summed E-state index contributed by atoms with van der Waals surface area (Å²) < 4.78 is 2.19. The number of allylic oxidation sites excluding steroid dienone is 1. The maximum atomic E-state index is 13.1. The molecule has 0 spiro atoms. The first-order valence-electron chi connectivity index (χ1n) is 10.7. The molecule has 156 valence electrons. The SMILES string of the molecule is N#C/C(=C\c1c(-c2ccccc2)n(-c2ccccc2)c2ccccc12)C(=O)c1ccccc1. The van der Waals surface area contributed by atoms with Crippen molar-refractivity contribution in [1.82, 2.24) is 4.57 Å². The van der Waals surface area contributed by atoms with Crippen LogP contribution in [0.2, 0.25) is 0 Å². The fourth-order valence-electron chi connectivity index (χ4n) is 4.17. The van der Waals surface area contributed by atoms with Gasteiger partial charge in [-0.2, -0.15) is 5.26 Å². The number of carbonyl (C=O) groups is 1. The Labute approximate surface area is 192 Å². The number of carbonyl (C=O) groups excluding carboxylic acids is 1. The predicted octanol–water partition coefficient (Wildman–Crippen LogP) is 7.09. The van der Waals surface area contributed by atoms with Crippen LogP contribution in [0.1, 0.15) is 15.9 Å². The molecule has 0 atom stereocenters. The van der Waals surface area contributed by atoms with E-state index in [1.807, 2.05) is 60.7 Å². The molecule has 5 aromatic rings. The lowest BCUT2D eigenvalue weighted by molar-refractivity contribution is 0.104. The second kappa shape index (κ2) is 8.82. The number of Topliss-reactive ketones (excluding diaryl/α,β-unsaturated/α-hetero) is 1. The van der Waals surface area contributed by atoms with Crippen LogP contribution in [-0.2, 0) is 0 Å². The largest absolute Gasteiger partial charge is 0.309 e. The molecule has 0 aliphatic heterocycles. The van der Waals surface area contributed by atoms with E-state index in [0.717, 1.165) is 33.4 Å². The van der Waals surface area contributed by atoms with Crippen LogP contribution in [0, 0.1) is 11.3 Å². The molecule has 3 heteroatoms. The Kier molecular flexibility index (Phi) is 5.41. The Balaban J connectivity index is 1.84. The normalized spacial score (nSPS) is 11.3. The zero-order valence-corrected chi connectivity index (χ0v) is 17.8. The van der Waals surface area contributed by atoms with Gasteiger partial charge in [0, 0.05) is 22.2 Å². The molecule has 1 heterocycles. The fraction of sp³-hybridized carbons (Fsp3) is 0. The van der Waals surface area contributed by atoms with Crippen molar-refractivity contribution in [3.63, 3.8) is 0 Å². The minimum Gasteiger partial charge on any atom is -0.309 e. The molecule has 33 heavy (non-hydrogen) atoms. The predicted molar refractivity (Wildman–Crippen MR) is 133 cm³/mol. The highest BCUT2D eigenvalue weighted by molar-refractivity contribution is 6.15. The number of aromatic nitrogens is 1. The van der Waals surface area contributed by atoms with Crippen LogP contribution in [0.3, 0.4) is 0 Å². The average Bonchev–Trinajstić information content (AvgIpc) is 3.22. The molecule has 4 aromatic carbocycles. The second-order valence-corrected chi connectivity index (χ2v) is 7.68. The van der Waals surface area contributed by atoms with Gasteiger partial charge in [0.05, 0.1) is 11.2 Å². The lowest BCUT2D eigenvalue weighted by atomic mass is 9.98. The average molecular weight is 425 g/mol. The number of fused-ring (bicyclic) bond motifs is 1. The van der Waals surface area contributed by atoms with Gasteiger partial charge in [-0.05, 0) is 29.8 Å². The first kappa shape index (κ1) is 20.2. The van der Waals surface area contributed by atoms with Crippen LogP contribution in [0.15, 0.2) is 121 Å². The summed E-state index contributed by atoms with van der Waals surface area (Å²) >= 11 is 0. The number of hydrogen-bond donors (Lipinski definition) is 0. The standard InChI is InChI=1S/C30H20N2O/c31-21-24(30(33)23-14-6-2-7-15-23)20-27-26-18-10-11-19-28(26)32(25-16-8-3-9-17-25)29(27)22-12-4-1-5-13-22/h1-20H/b24-20+. The topological polar surface area (TPSA) is 45.8 Å². The van der Waals surface area contributed by atoms with E-state index in [2.05, 4.69) is 41.0 Å². The monoisotopic (exact) mass is 424 g/mol. The van der Waals surface area contributed by atoms with Crippen molar-refractivity contribution in [2.45, 2.75) is 0 Å². The summed E-state index contributed by atoms with van der Waals surface area (Å²) in [5, 5.41) is 10.9. The van der Waals surface area contributed by atoms with E-state index in [0.29, 0.717) is 5.56 Å². The summed E-state index contributed by atoms with van der Waals surface area (Å²) in [6, 6.07) is 39.4. The summed E-state index contributed by atoms with van der Waals surface area (Å²) in [5.41, 5.74) is 5.43. The highest BCUT2D eigenvalue weighted by Crippen LogP contribution is 2.38. The Morgan fingerprint density at radius 3 is 1.97 bits per heavy atom. The van der Waals surface area contributed by atoms with E-state index in [1.165, 1.54) is 0 Å². The van der Waals surface area contributed by atoms with Gasteiger partial charge in [-0.15, -0.1) is 0 Å². The third-order valence-electron chi connectivity index (χ3n) is 5.67. The van der Waals surface area contributed by atoms with Crippen LogP contribution >= 0.6 is 0 Å². The summed E-state index contributed by atoms with van der Waals surface area (Å²) in [7, 11) is 0. The molecule has 1 aromatic heterocycles. The number of para-hydroxylation sites is 2. The van der Waals surface area contributed by atoms with E-state index in [1.54, 1.807) is 30.3 Å². The molecule has 0 amide bonds. The van der Waals surface area contributed by atoms with Gasteiger partial charge in [-0.25, -0.2) is 0 Å². The maximum absolute atomic E-state index is 13.1. The van der Waals surface area contributed by atoms with Gasteiger partial charge in [0.25, 0.3) is 0 Å². The molecule has 0 fully saturated rings. The van der Waals surface area contributed by atoms with Gasteiger partial charge < -0.3 is 4.57 Å². The van der Waals surface area contributed by atoms with Crippen molar-refractivity contribution in [3.8, 4) is 23.0 Å². The lowest BCUT2D eigenvalue weighted by Gasteiger charge is -2.12. The molecule has 5 rings (SSSR count). The molecule has 3 nitrogen and oxygen atoms in total. The molecule has 0 N–H and O–H groups in total. The first-order valence-corrected chi connectivity index (χ1v) is 10.7. The highest BCUT2D eigenvalue weighted by atomic mass is 16.1. The van der Waals surface area contributed by atoms with Gasteiger partial charge in [-0.1, -0.05) is 97.1 Å². The van der Waals surface area contributed by atoms with Crippen LogP contribution in [0.4, 0.5) is 0 Å². The van der Waals surface area contributed by atoms with Crippen molar-refractivity contribution < 1.29 is 4.79 Å². The Hall–Kier alpha value is -4.68. The number of nitriles is 1. The molecule has 0 saturated heterocycles. The fourth-order valence-corrected chi connectivity index (χ4v) is 4.17. The van der Waals surface area contributed by atoms with Gasteiger partial charge >= 0.3 is 0 Å². The van der Waals surface area contributed by atoms with Crippen LogP contribution in [0.5, 0.6) is 0 Å². The van der Waals surface area contributed by atoms with Gasteiger partial charge in [0.1, 0.15) is 11.6 Å². The van der Waals surface area contributed by atoms with Crippen LogP contribution in [-0.4, -0.2) is 10.4 Å². The molecule has 0 saturated carbocycles. The first-order chi connectivity index (χ1) is 16.3. The Morgan fingerprint density at radius 1 is 0.727 bits per heavy atom. The van der Waals surface area contributed by atoms with Crippen molar-refractivity contribution in [2.24, 2.45) is 0 Å². The lowest BCUT2D eigenvalue weighted by Crippen LogP contribution is -2.02. The highest BCUT2D eigenvalue weighted by Gasteiger charge is 2.20. The van der Waals surface area contributed by atoms with Crippen molar-refractivity contribution in [3.05, 3.63) is 132 Å². The molecule has 0 aliphatic rings. The van der Waals surface area contributed by atoms with Crippen molar-refractivity contribution >= 4 is 22.8 Å². The Bertz CT molecular complexity index is 1510. The van der Waals surface area contributed by atoms with Crippen molar-refractivity contribution in [2.75, 3.05) is 0 Å². The van der Waals surface area contributed by atoms with E-state index < -0.39 is 0 Å². The number of benzene rings is 4. The van der Waals surface area contributed by atoms with Crippen molar-refractivity contribution in [1.29, 1.82) is 5.26 Å². The number of nitrogens with zero attached hydrogens (tertiary/aromatic N) is 2. The summed E-state index contributed by atoms with van der Waals surface area (Å²) in [5.74, 6) is -0.284. The summed E-state index contributed by atoms with van der Waals surface area (Å²) in [6.07, 6.45) is 1.74. The molecule has 0 radical (unpaired) electrons. The van der Waals surface area contributed by atoms with Gasteiger partial charge in [0.2, 0.25) is 5.78 Å². The molecular formula is C30H20N2O. The Morgan fingerprint density at radius 2 is 1.30 bits per heavy atom. The van der Waals surface area contributed by atoms with Crippen LogP contribution < -0.4 is 0 Å². The third kappa shape index (κ3) is 3.75. The van der Waals surface area contributed by atoms with Crippen LogP contribution in [0.25, 0.3) is 33.9 Å². The van der Waals surface area contributed by atoms with E-state index in [4.69, 9.17) is 0 Å². The zero-order chi connectivity index (χ0) is 22.6. The zero-order valence-electron chi connectivity index (χ0n) is 17.8. The summed E-state index contributed by atoms with van der Waals surface area (Å²) in [6.45, 7) is 0. The van der Waals surface area contributed by atoms with E-state index >= 15 is 0 Å². The molecule has 0 aliphatic carbocycles. The summed E-state index contributed by atoms with van der Waals surface area (Å²) in [4.78, 5) is 13.1. The molecule has 0 bridgehead atoms. The minimum absolute atomic E-state index is 0.106. The van der Waals surface area contributed by atoms with E-state index in [9.17, 15) is 10.1 Å². The minimum atomic E-state index is -0.284. The third-order valence-corrected chi connectivity index (χ3v) is 5.67. The second-order valence-electron chi connectivity index (χ2n) is 7.68. The quantitative estimate of drug-likeness (QED) is 0.172. The van der Waals surface area contributed by atoms with Gasteiger partial charge in [-0.3, -0.25) is 4.79 Å². The smallest absolute Gasteiger partial charge is 0.203 e. The molecule has 0 unspecified atom stereocenters. The number of ketones is 1. The van der Waals surface area contributed by atoms with E-state index in [-0.39, 0.29) is 11.4 Å². The maximum Gasteiger partial charge on any atom is 0.203 e. The molecular weight excluding hydrogens is 404 g/mol. The number of hydrogen-bond acceptors (Lipinski definition) is 2.